The molecule has 0 bridgehead atoms. The lowest BCUT2D eigenvalue weighted by atomic mass is 10.2. The summed E-state index contributed by atoms with van der Waals surface area (Å²) in [5.41, 5.74) is -0.929. The van der Waals surface area contributed by atoms with Crippen LogP contribution in [0.4, 0.5) is 28.9 Å². The SMILES string of the molecule is O=C(CN(c1ccccc1)S(=O)(=O)c1ccc(F)cc1)Nc1cccc(C(F)(F)F)c1. The predicted molar refractivity (Wildman–Crippen MR) is 107 cm³/mol. The van der Waals surface area contributed by atoms with E-state index in [2.05, 4.69) is 5.32 Å². The molecule has 0 saturated carbocycles. The molecule has 3 rings (SSSR count). The van der Waals surface area contributed by atoms with Crippen LogP contribution in [0.25, 0.3) is 0 Å². The number of carbonyl (C=O) groups excluding carboxylic acids is 1. The molecule has 0 aromatic heterocycles. The Hall–Kier alpha value is -3.40. The summed E-state index contributed by atoms with van der Waals surface area (Å²) in [4.78, 5) is 12.3. The summed E-state index contributed by atoms with van der Waals surface area (Å²) in [6.07, 6.45) is -4.59. The van der Waals surface area contributed by atoms with Crippen molar-refractivity contribution in [2.24, 2.45) is 0 Å². The molecule has 3 aromatic carbocycles. The normalized spacial score (nSPS) is 11.7. The Morgan fingerprint density at radius 1 is 0.903 bits per heavy atom. The first-order valence-electron chi connectivity index (χ1n) is 8.88. The first-order chi connectivity index (χ1) is 14.6. The molecule has 0 saturated heterocycles. The number of nitrogens with zero attached hydrogens (tertiary/aromatic N) is 1. The largest absolute Gasteiger partial charge is 0.416 e. The first kappa shape index (κ1) is 22.3. The van der Waals surface area contributed by atoms with Gasteiger partial charge in [-0.25, -0.2) is 12.8 Å². The van der Waals surface area contributed by atoms with Crippen LogP contribution in [-0.4, -0.2) is 20.9 Å². The molecule has 0 aliphatic heterocycles. The van der Waals surface area contributed by atoms with Gasteiger partial charge in [-0.05, 0) is 54.6 Å². The van der Waals surface area contributed by atoms with Crippen LogP contribution in [0, 0.1) is 5.82 Å². The molecule has 1 N–H and O–H groups in total. The molecule has 162 valence electrons. The van der Waals surface area contributed by atoms with Crippen molar-refractivity contribution in [3.63, 3.8) is 0 Å². The number of nitrogens with one attached hydrogen (secondary N) is 1. The molecule has 0 fully saturated rings. The molecule has 10 heteroatoms. The van der Waals surface area contributed by atoms with Gasteiger partial charge >= 0.3 is 6.18 Å². The molecule has 1 amide bonds. The van der Waals surface area contributed by atoms with Crippen molar-refractivity contribution in [1.82, 2.24) is 0 Å². The van der Waals surface area contributed by atoms with Crippen molar-refractivity contribution in [2.45, 2.75) is 11.1 Å². The van der Waals surface area contributed by atoms with E-state index in [4.69, 9.17) is 0 Å². The monoisotopic (exact) mass is 452 g/mol. The molecular formula is C21H16F4N2O3S. The van der Waals surface area contributed by atoms with E-state index >= 15 is 0 Å². The molecule has 0 spiro atoms. The third kappa shape index (κ3) is 5.40. The predicted octanol–water partition coefficient (Wildman–Crippen LogP) is 4.68. The maximum atomic E-state index is 13.2. The second kappa shape index (κ2) is 8.76. The number of alkyl halides is 3. The highest BCUT2D eigenvalue weighted by Crippen LogP contribution is 2.31. The minimum Gasteiger partial charge on any atom is -0.325 e. The summed E-state index contributed by atoms with van der Waals surface area (Å²) < 4.78 is 78.8. The number of benzene rings is 3. The molecule has 0 radical (unpaired) electrons. The van der Waals surface area contributed by atoms with Crippen molar-refractivity contribution in [3.05, 3.63) is 90.2 Å². The van der Waals surface area contributed by atoms with Crippen LogP contribution in [0.2, 0.25) is 0 Å². The molecule has 3 aromatic rings. The van der Waals surface area contributed by atoms with Crippen LogP contribution in [0.1, 0.15) is 5.56 Å². The minimum absolute atomic E-state index is 0.132. The van der Waals surface area contributed by atoms with Gasteiger partial charge in [0.15, 0.2) is 0 Å². The minimum atomic E-state index is -4.59. The van der Waals surface area contributed by atoms with Gasteiger partial charge in [-0.2, -0.15) is 13.2 Å². The van der Waals surface area contributed by atoms with E-state index in [0.29, 0.717) is 0 Å². The van der Waals surface area contributed by atoms with Crippen LogP contribution in [0.5, 0.6) is 0 Å². The number of carbonyl (C=O) groups is 1. The van der Waals surface area contributed by atoms with Gasteiger partial charge in [-0.15, -0.1) is 0 Å². The molecule has 5 nitrogen and oxygen atoms in total. The number of halogens is 4. The Morgan fingerprint density at radius 3 is 2.16 bits per heavy atom. The lowest BCUT2D eigenvalue weighted by Crippen LogP contribution is -2.38. The zero-order valence-electron chi connectivity index (χ0n) is 15.8. The zero-order chi connectivity index (χ0) is 22.6. The maximum Gasteiger partial charge on any atom is 0.416 e. The number of sulfonamides is 1. The highest BCUT2D eigenvalue weighted by Gasteiger charge is 2.31. The summed E-state index contributed by atoms with van der Waals surface area (Å²) in [6, 6.07) is 15.7. The van der Waals surface area contributed by atoms with Crippen LogP contribution >= 0.6 is 0 Å². The third-order valence-corrected chi connectivity index (χ3v) is 5.99. The number of hydrogen-bond acceptors (Lipinski definition) is 3. The van der Waals surface area contributed by atoms with Gasteiger partial charge in [0.25, 0.3) is 10.0 Å². The summed E-state index contributed by atoms with van der Waals surface area (Å²) in [5.74, 6) is -1.48. The molecule has 0 heterocycles. The number of anilines is 2. The quantitative estimate of drug-likeness (QED) is 0.553. The van der Waals surface area contributed by atoms with Crippen LogP contribution in [0.15, 0.2) is 83.8 Å². The highest BCUT2D eigenvalue weighted by atomic mass is 32.2. The van der Waals surface area contributed by atoms with Crippen LogP contribution < -0.4 is 9.62 Å². The number of rotatable bonds is 6. The van der Waals surface area contributed by atoms with Gasteiger partial charge in [0.1, 0.15) is 12.4 Å². The van der Waals surface area contributed by atoms with E-state index in [0.717, 1.165) is 46.8 Å². The van der Waals surface area contributed by atoms with Gasteiger partial charge in [0.2, 0.25) is 5.91 Å². The average molecular weight is 452 g/mol. The third-order valence-electron chi connectivity index (χ3n) is 4.21. The van der Waals surface area contributed by atoms with Crippen LogP contribution in [0.3, 0.4) is 0 Å². The van der Waals surface area contributed by atoms with Gasteiger partial charge in [-0.3, -0.25) is 9.10 Å². The van der Waals surface area contributed by atoms with E-state index < -0.39 is 40.0 Å². The van der Waals surface area contributed by atoms with Gasteiger partial charge in [-0.1, -0.05) is 24.3 Å². The molecule has 31 heavy (non-hydrogen) atoms. The Balaban J connectivity index is 1.89. The Morgan fingerprint density at radius 2 is 1.55 bits per heavy atom. The van der Waals surface area contributed by atoms with Crippen molar-refractivity contribution >= 4 is 27.3 Å². The van der Waals surface area contributed by atoms with Crippen molar-refractivity contribution in [1.29, 1.82) is 0 Å². The van der Waals surface area contributed by atoms with Gasteiger partial charge in [0.05, 0.1) is 16.1 Å². The molecule has 0 atom stereocenters. The lowest BCUT2D eigenvalue weighted by molar-refractivity contribution is -0.137. The smallest absolute Gasteiger partial charge is 0.325 e. The van der Waals surface area contributed by atoms with E-state index in [-0.39, 0.29) is 16.3 Å². The average Bonchev–Trinajstić information content (AvgIpc) is 2.72. The summed E-state index contributed by atoms with van der Waals surface area (Å²) in [6.45, 7) is -0.708. The van der Waals surface area contributed by atoms with E-state index in [1.54, 1.807) is 18.2 Å². The first-order valence-corrected chi connectivity index (χ1v) is 10.3. The summed E-state index contributed by atoms with van der Waals surface area (Å²) in [7, 11) is -4.26. The Kier molecular flexibility index (Phi) is 6.30. The fourth-order valence-electron chi connectivity index (χ4n) is 2.75. The van der Waals surface area contributed by atoms with Crippen molar-refractivity contribution in [3.8, 4) is 0 Å². The Labute approximate surface area is 176 Å². The maximum absolute atomic E-state index is 13.2. The van der Waals surface area contributed by atoms with E-state index in [9.17, 15) is 30.8 Å². The molecule has 0 aliphatic rings. The topological polar surface area (TPSA) is 66.5 Å². The molecule has 0 aliphatic carbocycles. The number of hydrogen-bond donors (Lipinski definition) is 1. The second-order valence-corrected chi connectivity index (χ2v) is 8.29. The second-order valence-electron chi connectivity index (χ2n) is 6.43. The standard InChI is InChI=1S/C21H16F4N2O3S/c22-16-9-11-19(12-10-16)31(29,30)27(18-7-2-1-3-8-18)14-20(28)26-17-6-4-5-15(13-17)21(23,24)25/h1-13H,14H2,(H,26,28). The van der Waals surface area contributed by atoms with Gasteiger partial charge in [0, 0.05) is 5.69 Å². The molecular weight excluding hydrogens is 436 g/mol. The van der Waals surface area contributed by atoms with E-state index in [1.165, 1.54) is 18.2 Å². The van der Waals surface area contributed by atoms with Gasteiger partial charge < -0.3 is 5.32 Å². The van der Waals surface area contributed by atoms with Crippen molar-refractivity contribution < 1.29 is 30.8 Å². The van der Waals surface area contributed by atoms with Crippen molar-refractivity contribution in [2.75, 3.05) is 16.2 Å². The summed E-state index contributed by atoms with van der Waals surface area (Å²) >= 11 is 0. The fourth-order valence-corrected chi connectivity index (χ4v) is 4.17. The number of amides is 1. The zero-order valence-corrected chi connectivity index (χ0v) is 16.6. The summed E-state index contributed by atoms with van der Waals surface area (Å²) in [5, 5.41) is 2.28. The Bertz CT molecular complexity index is 1170. The fraction of sp³-hybridized carbons (Fsp3) is 0.0952. The lowest BCUT2D eigenvalue weighted by Gasteiger charge is -2.24. The highest BCUT2D eigenvalue weighted by molar-refractivity contribution is 7.92. The van der Waals surface area contributed by atoms with E-state index in [1.807, 2.05) is 0 Å². The number of para-hydroxylation sites is 1. The van der Waals surface area contributed by atoms with Crippen LogP contribution in [-0.2, 0) is 21.0 Å². The molecule has 0 unspecified atom stereocenters.